The van der Waals surface area contributed by atoms with Gasteiger partial charge in [0.1, 0.15) is 0 Å². The molecule has 0 nitrogen and oxygen atoms in total. The molecule has 1 unspecified atom stereocenters. The molecule has 2 rings (SSSR count). The predicted octanol–water partition coefficient (Wildman–Crippen LogP) is 5.53. The Morgan fingerprint density at radius 1 is 1.31 bits per heavy atom. The molecule has 4 heteroatoms. The largest absolute Gasteiger partial charge is 0.149 e. The van der Waals surface area contributed by atoms with Crippen molar-refractivity contribution in [3.63, 3.8) is 0 Å². The smallest absolute Gasteiger partial charge is 0.0633 e. The highest BCUT2D eigenvalue weighted by atomic mass is 127. The van der Waals surface area contributed by atoms with Gasteiger partial charge in [0.2, 0.25) is 0 Å². The Kier molecular flexibility index (Phi) is 4.53. The third kappa shape index (κ3) is 3.13. The van der Waals surface area contributed by atoms with Crippen LogP contribution < -0.4 is 0 Å². The first-order chi connectivity index (χ1) is 7.66. The van der Waals surface area contributed by atoms with Crippen LogP contribution in [0.15, 0.2) is 35.7 Å². The lowest BCUT2D eigenvalue weighted by Crippen LogP contribution is -1.94. The molecule has 0 aliphatic heterocycles. The monoisotopic (exact) mass is 382 g/mol. The fourth-order valence-corrected chi connectivity index (χ4v) is 3.10. The molecule has 0 aliphatic rings. The number of hydrogen-bond acceptors (Lipinski definition) is 1. The van der Waals surface area contributed by atoms with Gasteiger partial charge in [-0.1, -0.05) is 23.7 Å². The molecule has 0 saturated carbocycles. The molecule has 0 bridgehead atoms. The van der Waals surface area contributed by atoms with E-state index >= 15 is 0 Å². The lowest BCUT2D eigenvalue weighted by molar-refractivity contribution is 0.937. The normalized spacial score (nSPS) is 12.7. The van der Waals surface area contributed by atoms with E-state index in [2.05, 4.69) is 34.0 Å². The van der Waals surface area contributed by atoms with Gasteiger partial charge in [-0.3, -0.25) is 0 Å². The summed E-state index contributed by atoms with van der Waals surface area (Å²) >= 11 is 16.4. The Balaban J connectivity index is 2.14. The van der Waals surface area contributed by atoms with Gasteiger partial charge in [0, 0.05) is 14.9 Å². The van der Waals surface area contributed by atoms with Gasteiger partial charge in [-0.25, -0.2) is 0 Å². The van der Waals surface area contributed by atoms with Crippen LogP contribution in [-0.4, -0.2) is 0 Å². The van der Waals surface area contributed by atoms with Gasteiger partial charge in [-0.15, -0.1) is 22.9 Å². The average Bonchev–Trinajstić information content (AvgIpc) is 2.74. The van der Waals surface area contributed by atoms with E-state index in [0.717, 1.165) is 20.6 Å². The zero-order chi connectivity index (χ0) is 11.5. The van der Waals surface area contributed by atoms with Gasteiger partial charge in [0.25, 0.3) is 0 Å². The minimum absolute atomic E-state index is 0.00634. The molecule has 0 fully saturated rings. The van der Waals surface area contributed by atoms with Crippen molar-refractivity contribution in [1.82, 2.24) is 0 Å². The summed E-state index contributed by atoms with van der Waals surface area (Å²) in [5, 5.41) is 2.84. The standard InChI is InChI=1S/C12H9Cl2IS/c13-10(7-9-2-1-5-16-9)8-3-4-12(15)11(14)6-8/h1-6,10H,7H2. The number of rotatable bonds is 3. The number of benzene rings is 1. The van der Waals surface area contributed by atoms with Crippen molar-refractivity contribution < 1.29 is 0 Å². The van der Waals surface area contributed by atoms with Gasteiger partial charge >= 0.3 is 0 Å². The van der Waals surface area contributed by atoms with E-state index in [4.69, 9.17) is 23.2 Å². The molecule has 0 amide bonds. The summed E-state index contributed by atoms with van der Waals surface area (Å²) in [4.78, 5) is 1.30. The third-order valence-electron chi connectivity index (χ3n) is 2.27. The van der Waals surface area contributed by atoms with Crippen molar-refractivity contribution in [2.75, 3.05) is 0 Å². The molecule has 1 aromatic heterocycles. The van der Waals surface area contributed by atoms with E-state index in [1.807, 2.05) is 24.3 Å². The van der Waals surface area contributed by atoms with Crippen LogP contribution in [0.5, 0.6) is 0 Å². The molecule has 16 heavy (non-hydrogen) atoms. The second-order valence-electron chi connectivity index (χ2n) is 3.42. The maximum Gasteiger partial charge on any atom is 0.0633 e. The second-order valence-corrected chi connectivity index (χ2v) is 6.55. The molecular formula is C12H9Cl2IS. The number of hydrogen-bond donors (Lipinski definition) is 0. The highest BCUT2D eigenvalue weighted by molar-refractivity contribution is 14.1. The quantitative estimate of drug-likeness (QED) is 0.483. The summed E-state index contributed by atoms with van der Waals surface area (Å²) < 4.78 is 1.06. The van der Waals surface area contributed by atoms with Crippen LogP contribution in [0.25, 0.3) is 0 Å². The predicted molar refractivity (Wildman–Crippen MR) is 80.8 cm³/mol. The second kappa shape index (κ2) is 5.71. The molecular weight excluding hydrogens is 374 g/mol. The highest BCUT2D eigenvalue weighted by Gasteiger charge is 2.11. The molecule has 0 saturated heterocycles. The first-order valence-corrected chi connectivity index (χ1v) is 7.55. The van der Waals surface area contributed by atoms with E-state index in [1.54, 1.807) is 11.3 Å². The Labute approximate surface area is 123 Å². The van der Waals surface area contributed by atoms with Crippen LogP contribution in [-0.2, 0) is 6.42 Å². The lowest BCUT2D eigenvalue weighted by atomic mass is 10.1. The fraction of sp³-hybridized carbons (Fsp3) is 0.167. The Morgan fingerprint density at radius 2 is 2.12 bits per heavy atom. The van der Waals surface area contributed by atoms with Crippen molar-refractivity contribution in [2.45, 2.75) is 11.8 Å². The Bertz CT molecular complexity index is 468. The van der Waals surface area contributed by atoms with Crippen LogP contribution >= 0.6 is 57.1 Å². The number of halogens is 3. The van der Waals surface area contributed by atoms with Crippen LogP contribution in [0, 0.1) is 3.57 Å². The summed E-state index contributed by atoms with van der Waals surface area (Å²) in [6.07, 6.45) is 0.857. The SMILES string of the molecule is Clc1cc(C(Cl)Cc2cccs2)ccc1I. The summed E-state index contributed by atoms with van der Waals surface area (Å²) in [5.74, 6) is 0. The van der Waals surface area contributed by atoms with Crippen molar-refractivity contribution in [3.05, 3.63) is 54.7 Å². The first-order valence-electron chi connectivity index (χ1n) is 4.78. The molecule has 1 aromatic carbocycles. The van der Waals surface area contributed by atoms with Gasteiger partial charge in [-0.05, 0) is 51.7 Å². The van der Waals surface area contributed by atoms with E-state index in [0.29, 0.717) is 0 Å². The van der Waals surface area contributed by atoms with Crippen molar-refractivity contribution in [2.24, 2.45) is 0 Å². The van der Waals surface area contributed by atoms with Gasteiger partial charge in [0.15, 0.2) is 0 Å². The third-order valence-corrected chi connectivity index (χ3v) is 5.14. The van der Waals surface area contributed by atoms with Crippen LogP contribution in [0.4, 0.5) is 0 Å². The molecule has 0 aliphatic carbocycles. The number of thiophene rings is 1. The summed E-state index contributed by atoms with van der Waals surface area (Å²) in [6.45, 7) is 0. The summed E-state index contributed by atoms with van der Waals surface area (Å²) in [5.41, 5.74) is 1.08. The zero-order valence-electron chi connectivity index (χ0n) is 8.29. The van der Waals surface area contributed by atoms with Crippen LogP contribution in [0.1, 0.15) is 15.8 Å². The number of alkyl halides is 1. The van der Waals surface area contributed by atoms with Crippen molar-refractivity contribution in [1.29, 1.82) is 0 Å². The Morgan fingerprint density at radius 3 is 2.75 bits per heavy atom. The maximum atomic E-state index is 6.37. The van der Waals surface area contributed by atoms with Crippen molar-refractivity contribution in [3.8, 4) is 0 Å². The fourth-order valence-electron chi connectivity index (χ4n) is 1.43. The van der Waals surface area contributed by atoms with Gasteiger partial charge in [0.05, 0.1) is 10.4 Å². The van der Waals surface area contributed by atoms with Crippen molar-refractivity contribution >= 4 is 57.1 Å². The molecule has 2 aromatic rings. The Hall–Kier alpha value is 0.230. The summed E-state index contributed by atoms with van der Waals surface area (Å²) in [6, 6.07) is 10.1. The minimum atomic E-state index is -0.00634. The van der Waals surface area contributed by atoms with Gasteiger partial charge in [-0.2, -0.15) is 0 Å². The molecule has 1 heterocycles. The van der Waals surface area contributed by atoms with Gasteiger partial charge < -0.3 is 0 Å². The molecule has 0 spiro atoms. The minimum Gasteiger partial charge on any atom is -0.149 e. The van der Waals surface area contributed by atoms with Crippen LogP contribution in [0.3, 0.4) is 0 Å². The van der Waals surface area contributed by atoms with E-state index in [9.17, 15) is 0 Å². The van der Waals surface area contributed by atoms with E-state index in [-0.39, 0.29) is 5.38 Å². The topological polar surface area (TPSA) is 0 Å². The average molecular weight is 383 g/mol. The van der Waals surface area contributed by atoms with E-state index < -0.39 is 0 Å². The maximum absolute atomic E-state index is 6.37. The molecule has 84 valence electrons. The molecule has 1 atom stereocenters. The first kappa shape index (κ1) is 12.7. The zero-order valence-corrected chi connectivity index (χ0v) is 12.8. The lowest BCUT2D eigenvalue weighted by Gasteiger charge is -2.09. The van der Waals surface area contributed by atoms with E-state index in [1.165, 1.54) is 4.88 Å². The molecule has 0 radical (unpaired) electrons. The molecule has 0 N–H and O–H groups in total. The van der Waals surface area contributed by atoms with Crippen LogP contribution in [0.2, 0.25) is 5.02 Å². The summed E-state index contributed by atoms with van der Waals surface area (Å²) in [7, 11) is 0. The highest BCUT2D eigenvalue weighted by Crippen LogP contribution is 2.30.